The summed E-state index contributed by atoms with van der Waals surface area (Å²) in [6.07, 6.45) is 2.40. The molecular weight excluding hydrogens is 327 g/mol. The molecule has 0 bridgehead atoms. The van der Waals surface area contributed by atoms with Crippen LogP contribution in [-0.4, -0.2) is 24.1 Å². The van der Waals surface area contributed by atoms with Crippen LogP contribution in [0, 0.1) is 35.0 Å². The minimum atomic E-state index is -2.30. The number of benzene rings is 1. The zero-order valence-electron chi connectivity index (χ0n) is 11.4. The number of esters is 1. The van der Waals surface area contributed by atoms with E-state index < -0.39 is 40.6 Å². The lowest BCUT2D eigenvalue weighted by Crippen LogP contribution is -2.18. The predicted octanol–water partition coefficient (Wildman–Crippen LogP) is 4.07. The summed E-state index contributed by atoms with van der Waals surface area (Å²) in [6.45, 7) is -0.117. The third-order valence-electron chi connectivity index (χ3n) is 3.51. The van der Waals surface area contributed by atoms with E-state index in [1.807, 2.05) is 11.8 Å². The average Bonchev–Trinajstić information content (AvgIpc) is 2.52. The lowest BCUT2D eigenvalue weighted by molar-refractivity contribution is 0.0466. The van der Waals surface area contributed by atoms with Crippen LogP contribution < -0.4 is 0 Å². The number of hydrogen-bond acceptors (Lipinski definition) is 3. The maximum absolute atomic E-state index is 13.4. The molecule has 0 aromatic heterocycles. The molecule has 8 heteroatoms. The number of halogens is 5. The summed E-state index contributed by atoms with van der Waals surface area (Å²) in [7, 11) is 0. The maximum Gasteiger partial charge on any atom is 0.344 e. The predicted molar refractivity (Wildman–Crippen MR) is 71.2 cm³/mol. The Balaban J connectivity index is 2.03. The number of carbonyl (C=O) groups is 1. The van der Waals surface area contributed by atoms with E-state index in [1.54, 1.807) is 0 Å². The lowest BCUT2D eigenvalue weighted by Gasteiger charge is -2.20. The highest BCUT2D eigenvalue weighted by molar-refractivity contribution is 7.99. The van der Waals surface area contributed by atoms with E-state index in [0.29, 0.717) is 12.3 Å². The molecule has 1 fully saturated rings. The van der Waals surface area contributed by atoms with Crippen LogP contribution in [-0.2, 0) is 4.74 Å². The van der Waals surface area contributed by atoms with Crippen molar-refractivity contribution in [3.63, 3.8) is 0 Å². The molecule has 1 saturated heterocycles. The van der Waals surface area contributed by atoms with Gasteiger partial charge in [-0.3, -0.25) is 0 Å². The highest BCUT2D eigenvalue weighted by atomic mass is 32.2. The van der Waals surface area contributed by atoms with Gasteiger partial charge < -0.3 is 4.74 Å². The first-order valence-electron chi connectivity index (χ1n) is 6.69. The van der Waals surface area contributed by atoms with E-state index in [9.17, 15) is 26.7 Å². The first-order valence-corrected chi connectivity index (χ1v) is 7.85. The molecule has 122 valence electrons. The molecule has 0 unspecified atom stereocenters. The standard InChI is InChI=1S/C14H13F5O2S/c15-9-8(10(16)12(18)13(19)11(9)17)14(20)21-4-1-7-2-5-22-6-3-7/h7H,1-6H2. The van der Waals surface area contributed by atoms with Crippen LogP contribution in [0.4, 0.5) is 22.0 Å². The monoisotopic (exact) mass is 340 g/mol. The van der Waals surface area contributed by atoms with Crippen LogP contribution in [0.3, 0.4) is 0 Å². The van der Waals surface area contributed by atoms with E-state index >= 15 is 0 Å². The van der Waals surface area contributed by atoms with Crippen LogP contribution in [0.15, 0.2) is 0 Å². The van der Waals surface area contributed by atoms with Gasteiger partial charge in [0.05, 0.1) is 6.61 Å². The molecule has 1 heterocycles. The van der Waals surface area contributed by atoms with Gasteiger partial charge >= 0.3 is 5.97 Å². The summed E-state index contributed by atoms with van der Waals surface area (Å²) in [6, 6.07) is 0. The Morgan fingerprint density at radius 2 is 1.45 bits per heavy atom. The number of ether oxygens (including phenoxy) is 1. The van der Waals surface area contributed by atoms with Crippen molar-refractivity contribution in [2.24, 2.45) is 5.92 Å². The summed E-state index contributed by atoms with van der Waals surface area (Å²) in [4.78, 5) is 11.6. The fourth-order valence-corrected chi connectivity index (χ4v) is 3.41. The zero-order chi connectivity index (χ0) is 16.3. The molecule has 2 nitrogen and oxygen atoms in total. The van der Waals surface area contributed by atoms with Crippen LogP contribution in [0.2, 0.25) is 0 Å². The third kappa shape index (κ3) is 3.53. The van der Waals surface area contributed by atoms with Gasteiger partial charge in [0.2, 0.25) is 5.82 Å². The molecule has 0 atom stereocenters. The molecule has 1 aromatic carbocycles. The Bertz CT molecular complexity index is 544. The topological polar surface area (TPSA) is 26.3 Å². The molecule has 0 spiro atoms. The largest absolute Gasteiger partial charge is 0.462 e. The van der Waals surface area contributed by atoms with Crippen molar-refractivity contribution in [1.29, 1.82) is 0 Å². The second kappa shape index (κ2) is 7.30. The number of thioether (sulfide) groups is 1. The van der Waals surface area contributed by atoms with E-state index in [2.05, 4.69) is 4.74 Å². The molecule has 0 saturated carbocycles. The van der Waals surface area contributed by atoms with Gasteiger partial charge in [0.15, 0.2) is 23.3 Å². The Kier molecular flexibility index (Phi) is 5.66. The van der Waals surface area contributed by atoms with E-state index in [4.69, 9.17) is 0 Å². The second-order valence-corrected chi connectivity index (χ2v) is 6.15. The van der Waals surface area contributed by atoms with Gasteiger partial charge in [-0.25, -0.2) is 26.7 Å². The van der Waals surface area contributed by atoms with Gasteiger partial charge in [0.25, 0.3) is 0 Å². The Morgan fingerprint density at radius 3 is 2.00 bits per heavy atom. The number of rotatable bonds is 4. The molecule has 0 N–H and O–H groups in total. The minimum Gasteiger partial charge on any atom is -0.462 e. The minimum absolute atomic E-state index is 0.117. The van der Waals surface area contributed by atoms with Gasteiger partial charge in [-0.2, -0.15) is 11.8 Å². The van der Waals surface area contributed by atoms with Gasteiger partial charge in [0, 0.05) is 0 Å². The zero-order valence-corrected chi connectivity index (χ0v) is 12.3. The van der Waals surface area contributed by atoms with Gasteiger partial charge in [-0.15, -0.1) is 0 Å². The van der Waals surface area contributed by atoms with Gasteiger partial charge in [-0.05, 0) is 36.7 Å². The molecule has 1 aliphatic heterocycles. The van der Waals surface area contributed by atoms with Crippen molar-refractivity contribution in [2.45, 2.75) is 19.3 Å². The number of hydrogen-bond donors (Lipinski definition) is 0. The van der Waals surface area contributed by atoms with Crippen molar-refractivity contribution in [1.82, 2.24) is 0 Å². The third-order valence-corrected chi connectivity index (χ3v) is 4.56. The van der Waals surface area contributed by atoms with Crippen molar-refractivity contribution >= 4 is 17.7 Å². The van der Waals surface area contributed by atoms with Gasteiger partial charge in [-0.1, -0.05) is 0 Å². The quantitative estimate of drug-likeness (QED) is 0.358. The van der Waals surface area contributed by atoms with E-state index in [1.165, 1.54) is 0 Å². The molecule has 0 amide bonds. The Morgan fingerprint density at radius 1 is 0.955 bits per heavy atom. The first-order chi connectivity index (χ1) is 10.4. The maximum atomic E-state index is 13.4. The number of carbonyl (C=O) groups excluding carboxylic acids is 1. The van der Waals surface area contributed by atoms with Crippen molar-refractivity contribution in [2.75, 3.05) is 18.1 Å². The van der Waals surface area contributed by atoms with Crippen LogP contribution in [0.5, 0.6) is 0 Å². The van der Waals surface area contributed by atoms with E-state index in [-0.39, 0.29) is 6.61 Å². The fourth-order valence-electron chi connectivity index (χ4n) is 2.21. The highest BCUT2D eigenvalue weighted by Gasteiger charge is 2.30. The van der Waals surface area contributed by atoms with Gasteiger partial charge in [0.1, 0.15) is 5.56 Å². The molecular formula is C14H13F5O2S. The molecule has 22 heavy (non-hydrogen) atoms. The SMILES string of the molecule is O=C(OCCC1CCSCC1)c1c(F)c(F)c(F)c(F)c1F. The van der Waals surface area contributed by atoms with Crippen molar-refractivity contribution < 1.29 is 31.5 Å². The molecule has 1 aliphatic rings. The Hall–Kier alpha value is -1.31. The van der Waals surface area contributed by atoms with Crippen LogP contribution >= 0.6 is 11.8 Å². The fraction of sp³-hybridized carbons (Fsp3) is 0.500. The summed E-state index contributed by atoms with van der Waals surface area (Å²) in [5.74, 6) is -10.2. The highest BCUT2D eigenvalue weighted by Crippen LogP contribution is 2.26. The molecule has 1 aromatic rings. The smallest absolute Gasteiger partial charge is 0.344 e. The summed E-state index contributed by atoms with van der Waals surface area (Å²) in [5, 5.41) is 0. The lowest BCUT2D eigenvalue weighted by atomic mass is 9.99. The van der Waals surface area contributed by atoms with Crippen molar-refractivity contribution in [3.05, 3.63) is 34.6 Å². The van der Waals surface area contributed by atoms with Crippen molar-refractivity contribution in [3.8, 4) is 0 Å². The van der Waals surface area contributed by atoms with Crippen LogP contribution in [0.25, 0.3) is 0 Å². The van der Waals surface area contributed by atoms with Crippen LogP contribution in [0.1, 0.15) is 29.6 Å². The normalized spacial score (nSPS) is 15.9. The second-order valence-electron chi connectivity index (χ2n) is 4.93. The van der Waals surface area contributed by atoms with E-state index in [0.717, 1.165) is 24.3 Å². The molecule has 0 aliphatic carbocycles. The average molecular weight is 340 g/mol. The Labute approximate surface area is 128 Å². The summed E-state index contributed by atoms with van der Waals surface area (Å²) < 4.78 is 70.4. The summed E-state index contributed by atoms with van der Waals surface area (Å²) in [5.41, 5.74) is -1.55. The molecule has 0 radical (unpaired) electrons. The molecule has 2 rings (SSSR count). The first kappa shape index (κ1) is 17.1. The summed E-state index contributed by atoms with van der Waals surface area (Å²) >= 11 is 1.82.